The van der Waals surface area contributed by atoms with Crippen LogP contribution in [0.4, 0.5) is 0 Å². The molecular weight excluding hydrogens is 316 g/mol. The van der Waals surface area contributed by atoms with E-state index in [1.54, 1.807) is 10.9 Å². The lowest BCUT2D eigenvalue weighted by molar-refractivity contribution is 0.865. The van der Waals surface area contributed by atoms with Crippen LogP contribution in [0.3, 0.4) is 0 Å². The first-order chi connectivity index (χ1) is 11.6. The summed E-state index contributed by atoms with van der Waals surface area (Å²) in [4.78, 5) is 0. The highest BCUT2D eigenvalue weighted by molar-refractivity contribution is 7.71. The lowest BCUT2D eigenvalue weighted by atomic mass is 10.0. The number of nitrogens with zero attached hydrogens (tertiary/aromatic N) is 3. The number of aryl methyl sites for hydroxylation is 1. The van der Waals surface area contributed by atoms with Gasteiger partial charge >= 0.3 is 0 Å². The van der Waals surface area contributed by atoms with Gasteiger partial charge in [-0.3, -0.25) is 0 Å². The Morgan fingerprint density at radius 2 is 1.83 bits per heavy atom. The molecule has 0 unspecified atom stereocenters. The van der Waals surface area contributed by atoms with Gasteiger partial charge in [-0.15, -0.1) is 0 Å². The molecule has 2 aromatic carbocycles. The molecule has 122 valence electrons. The smallest absolute Gasteiger partial charge is 0.216 e. The average molecular weight is 336 g/mol. The number of hydrogen-bond donors (Lipinski definition) is 1. The third-order valence-corrected chi connectivity index (χ3v) is 4.23. The minimum Gasteiger partial charge on any atom is -0.250 e. The Morgan fingerprint density at radius 1 is 1.12 bits per heavy atom. The number of benzene rings is 2. The summed E-state index contributed by atoms with van der Waals surface area (Å²) in [6.07, 6.45) is 1.80. The van der Waals surface area contributed by atoms with Crippen LogP contribution in [-0.2, 0) is 0 Å². The molecule has 0 aliphatic heterocycles. The zero-order valence-corrected chi connectivity index (χ0v) is 14.8. The molecule has 3 rings (SSSR count). The zero-order valence-electron chi connectivity index (χ0n) is 14.0. The van der Waals surface area contributed by atoms with Crippen LogP contribution in [0.25, 0.3) is 11.4 Å². The van der Waals surface area contributed by atoms with Gasteiger partial charge in [0.05, 0.1) is 6.21 Å². The van der Waals surface area contributed by atoms with E-state index in [-0.39, 0.29) is 0 Å². The Labute approximate surface area is 146 Å². The van der Waals surface area contributed by atoms with Crippen molar-refractivity contribution in [1.82, 2.24) is 14.9 Å². The first-order valence-corrected chi connectivity index (χ1v) is 8.35. The summed E-state index contributed by atoms with van der Waals surface area (Å²) in [7, 11) is 0. The lowest BCUT2D eigenvalue weighted by Crippen LogP contribution is -1.96. The van der Waals surface area contributed by atoms with Crippen molar-refractivity contribution in [3.63, 3.8) is 0 Å². The fourth-order valence-corrected chi connectivity index (χ4v) is 2.67. The van der Waals surface area contributed by atoms with Crippen molar-refractivity contribution in [2.24, 2.45) is 5.10 Å². The topological polar surface area (TPSA) is 46.0 Å². The third-order valence-electron chi connectivity index (χ3n) is 3.96. The van der Waals surface area contributed by atoms with E-state index in [2.05, 4.69) is 53.4 Å². The first kappa shape index (κ1) is 16.3. The van der Waals surface area contributed by atoms with E-state index in [9.17, 15) is 0 Å². The Morgan fingerprint density at radius 3 is 2.50 bits per heavy atom. The van der Waals surface area contributed by atoms with Crippen molar-refractivity contribution in [2.75, 3.05) is 0 Å². The van der Waals surface area contributed by atoms with Gasteiger partial charge in [0.25, 0.3) is 0 Å². The summed E-state index contributed by atoms with van der Waals surface area (Å²) in [6, 6.07) is 16.4. The molecule has 0 saturated carbocycles. The fraction of sp³-hybridized carbons (Fsp3) is 0.211. The van der Waals surface area contributed by atoms with E-state index in [4.69, 9.17) is 12.2 Å². The normalized spacial score (nSPS) is 11.5. The molecule has 5 heteroatoms. The molecule has 0 saturated heterocycles. The summed E-state index contributed by atoms with van der Waals surface area (Å²) < 4.78 is 2.14. The number of aromatic amines is 1. The molecule has 1 aromatic heterocycles. The van der Waals surface area contributed by atoms with Crippen LogP contribution >= 0.6 is 12.2 Å². The van der Waals surface area contributed by atoms with Crippen molar-refractivity contribution in [3.05, 3.63) is 70.0 Å². The number of aromatic nitrogens is 3. The van der Waals surface area contributed by atoms with E-state index < -0.39 is 0 Å². The molecule has 0 spiro atoms. The summed E-state index contributed by atoms with van der Waals surface area (Å²) in [5.41, 5.74) is 4.48. The van der Waals surface area contributed by atoms with Crippen LogP contribution in [0.15, 0.2) is 53.6 Å². The number of H-pyrrole nitrogens is 1. The van der Waals surface area contributed by atoms with E-state index in [1.165, 1.54) is 5.56 Å². The second-order valence-electron chi connectivity index (χ2n) is 6.05. The maximum Gasteiger partial charge on any atom is 0.216 e. The predicted octanol–water partition coefficient (Wildman–Crippen LogP) is 4.92. The van der Waals surface area contributed by atoms with Crippen LogP contribution in [0, 0.1) is 11.7 Å². The SMILES string of the molecule is Cc1ccccc1-c1n[nH]c(=S)n1/N=C/c1ccc(C(C)C)cc1. The van der Waals surface area contributed by atoms with Crippen LogP contribution in [0.5, 0.6) is 0 Å². The quantitative estimate of drug-likeness (QED) is 0.543. The second-order valence-corrected chi connectivity index (χ2v) is 6.43. The summed E-state index contributed by atoms with van der Waals surface area (Å²) in [6.45, 7) is 6.41. The number of nitrogens with one attached hydrogen (secondary N) is 1. The van der Waals surface area contributed by atoms with E-state index in [0.717, 1.165) is 16.7 Å². The number of rotatable bonds is 4. The molecule has 4 nitrogen and oxygen atoms in total. The standard InChI is InChI=1S/C19H20N4S/c1-13(2)16-10-8-15(9-11-16)12-20-23-18(21-22-19(23)24)17-7-5-4-6-14(17)3/h4-13H,1-3H3,(H,22,24)/b20-12+. The largest absolute Gasteiger partial charge is 0.250 e. The van der Waals surface area contributed by atoms with Crippen LogP contribution in [-0.4, -0.2) is 21.1 Å². The highest BCUT2D eigenvalue weighted by Gasteiger charge is 2.10. The third kappa shape index (κ3) is 3.36. The molecule has 3 aromatic rings. The number of hydrogen-bond acceptors (Lipinski definition) is 3. The van der Waals surface area contributed by atoms with Gasteiger partial charge in [-0.05, 0) is 41.7 Å². The van der Waals surface area contributed by atoms with E-state index in [0.29, 0.717) is 16.5 Å². The summed E-state index contributed by atoms with van der Waals surface area (Å²) >= 11 is 5.32. The molecule has 0 radical (unpaired) electrons. The minimum atomic E-state index is 0.475. The molecule has 0 fully saturated rings. The van der Waals surface area contributed by atoms with Crippen molar-refractivity contribution in [3.8, 4) is 11.4 Å². The zero-order chi connectivity index (χ0) is 17.1. The highest BCUT2D eigenvalue weighted by atomic mass is 32.1. The molecule has 0 aliphatic rings. The molecule has 0 atom stereocenters. The molecule has 0 amide bonds. The average Bonchev–Trinajstić information content (AvgIpc) is 2.94. The minimum absolute atomic E-state index is 0.475. The van der Waals surface area contributed by atoms with Gasteiger partial charge in [-0.25, -0.2) is 5.10 Å². The van der Waals surface area contributed by atoms with Gasteiger partial charge in [0.1, 0.15) is 0 Å². The lowest BCUT2D eigenvalue weighted by Gasteiger charge is -2.05. The Balaban J connectivity index is 1.95. The monoisotopic (exact) mass is 336 g/mol. The van der Waals surface area contributed by atoms with Gasteiger partial charge in [0.2, 0.25) is 4.77 Å². The van der Waals surface area contributed by atoms with Gasteiger partial charge in [-0.1, -0.05) is 62.4 Å². The molecular formula is C19H20N4S. The first-order valence-electron chi connectivity index (χ1n) is 7.94. The predicted molar refractivity (Wildman–Crippen MR) is 101 cm³/mol. The van der Waals surface area contributed by atoms with Gasteiger partial charge in [0, 0.05) is 5.56 Å². The van der Waals surface area contributed by atoms with Gasteiger partial charge in [0.15, 0.2) is 5.82 Å². The van der Waals surface area contributed by atoms with Crippen molar-refractivity contribution < 1.29 is 0 Å². The maximum atomic E-state index is 5.32. The fourth-order valence-electron chi connectivity index (χ4n) is 2.49. The van der Waals surface area contributed by atoms with E-state index in [1.807, 2.05) is 31.2 Å². The maximum absolute atomic E-state index is 5.32. The summed E-state index contributed by atoms with van der Waals surface area (Å²) in [5, 5.41) is 11.7. The molecule has 1 heterocycles. The Hall–Kier alpha value is -2.53. The second kappa shape index (κ2) is 6.93. The van der Waals surface area contributed by atoms with Crippen LogP contribution in [0.1, 0.15) is 36.5 Å². The van der Waals surface area contributed by atoms with Crippen LogP contribution < -0.4 is 0 Å². The van der Waals surface area contributed by atoms with Crippen LogP contribution in [0.2, 0.25) is 0 Å². The molecule has 24 heavy (non-hydrogen) atoms. The molecule has 0 aliphatic carbocycles. The van der Waals surface area contributed by atoms with Gasteiger partial charge in [-0.2, -0.15) is 14.9 Å². The van der Waals surface area contributed by atoms with Crippen molar-refractivity contribution in [2.45, 2.75) is 26.7 Å². The van der Waals surface area contributed by atoms with Crippen molar-refractivity contribution >= 4 is 18.4 Å². The molecule has 1 N–H and O–H groups in total. The van der Waals surface area contributed by atoms with Gasteiger partial charge < -0.3 is 0 Å². The molecule has 0 bridgehead atoms. The van der Waals surface area contributed by atoms with E-state index >= 15 is 0 Å². The Bertz CT molecular complexity index is 917. The highest BCUT2D eigenvalue weighted by Crippen LogP contribution is 2.21. The van der Waals surface area contributed by atoms with Crippen molar-refractivity contribution in [1.29, 1.82) is 0 Å². The Kier molecular flexibility index (Phi) is 4.71. The summed E-state index contributed by atoms with van der Waals surface area (Å²) in [5.74, 6) is 1.24.